The molecule has 0 saturated heterocycles. The molecule has 0 bridgehead atoms. The first kappa shape index (κ1) is 11.3. The van der Waals surface area contributed by atoms with Crippen LogP contribution in [0.2, 0.25) is 0 Å². The molecule has 0 aliphatic carbocycles. The van der Waals surface area contributed by atoms with Crippen LogP contribution < -0.4 is 0 Å². The smallest absolute Gasteiger partial charge is 0.181 e. The normalized spacial score (nSPS) is 10.5. The quantitative estimate of drug-likeness (QED) is 0.689. The summed E-state index contributed by atoms with van der Waals surface area (Å²) in [5, 5.41) is 13.3. The average molecular weight is 250 g/mol. The maximum absolute atomic E-state index is 8.82. The van der Waals surface area contributed by atoms with Crippen molar-refractivity contribution in [1.82, 2.24) is 24.6 Å². The Bertz CT molecular complexity index is 769. The Morgan fingerprint density at radius 1 is 1.37 bits per heavy atom. The van der Waals surface area contributed by atoms with Gasteiger partial charge in [-0.25, -0.2) is 14.5 Å². The molecule has 0 amide bonds. The monoisotopic (exact) mass is 250 g/mol. The summed E-state index contributed by atoms with van der Waals surface area (Å²) in [7, 11) is 0. The maximum Gasteiger partial charge on any atom is 0.181 e. The fourth-order valence-electron chi connectivity index (χ4n) is 1.91. The molecule has 0 fully saturated rings. The molecular weight excluding hydrogens is 240 g/mol. The van der Waals surface area contributed by atoms with E-state index in [-0.39, 0.29) is 6.42 Å². The Morgan fingerprint density at radius 2 is 2.26 bits per heavy atom. The molecule has 0 spiro atoms. The number of aromatic nitrogens is 5. The molecule has 3 aromatic rings. The predicted octanol–water partition coefficient (Wildman–Crippen LogP) is 1.56. The molecule has 0 aliphatic rings. The van der Waals surface area contributed by atoms with E-state index in [1.165, 1.54) is 0 Å². The lowest BCUT2D eigenvalue weighted by atomic mass is 10.3. The molecule has 0 radical (unpaired) electrons. The molecule has 6 nitrogen and oxygen atoms in total. The Labute approximate surface area is 109 Å². The first-order chi connectivity index (χ1) is 9.29. The van der Waals surface area contributed by atoms with Crippen molar-refractivity contribution in [2.75, 3.05) is 0 Å². The van der Waals surface area contributed by atoms with E-state index in [0.717, 1.165) is 16.8 Å². The zero-order valence-electron chi connectivity index (χ0n) is 10.3. The highest BCUT2D eigenvalue weighted by molar-refractivity contribution is 5.56. The molecule has 6 heteroatoms. The number of pyridine rings is 1. The maximum atomic E-state index is 8.82. The zero-order chi connectivity index (χ0) is 13.2. The predicted molar refractivity (Wildman–Crippen MR) is 68.1 cm³/mol. The van der Waals surface area contributed by atoms with Gasteiger partial charge in [-0.05, 0) is 19.1 Å². The minimum Gasteiger partial charge on any atom is -0.264 e. The van der Waals surface area contributed by atoms with Crippen LogP contribution in [0.3, 0.4) is 0 Å². The van der Waals surface area contributed by atoms with Crippen molar-refractivity contribution >= 4 is 5.52 Å². The minimum atomic E-state index is 0.221. The van der Waals surface area contributed by atoms with E-state index in [0.29, 0.717) is 11.6 Å². The van der Waals surface area contributed by atoms with Crippen molar-refractivity contribution < 1.29 is 0 Å². The molecule has 0 aromatic carbocycles. The van der Waals surface area contributed by atoms with Gasteiger partial charge in [0.25, 0.3) is 0 Å². The molecule has 0 unspecified atom stereocenters. The highest BCUT2D eigenvalue weighted by Crippen LogP contribution is 2.16. The Balaban J connectivity index is 2.20. The van der Waals surface area contributed by atoms with Gasteiger partial charge in [0.05, 0.1) is 24.4 Å². The van der Waals surface area contributed by atoms with Crippen LogP contribution in [-0.2, 0) is 6.42 Å². The van der Waals surface area contributed by atoms with Crippen LogP contribution in [0.4, 0.5) is 0 Å². The van der Waals surface area contributed by atoms with Crippen molar-refractivity contribution in [2.24, 2.45) is 0 Å². The van der Waals surface area contributed by atoms with Crippen LogP contribution in [0.5, 0.6) is 0 Å². The summed E-state index contributed by atoms with van der Waals surface area (Å²) in [5.41, 5.74) is 2.47. The average Bonchev–Trinajstić information content (AvgIpc) is 2.77. The van der Waals surface area contributed by atoms with E-state index in [1.54, 1.807) is 23.1 Å². The molecule has 0 saturated carbocycles. The van der Waals surface area contributed by atoms with Crippen LogP contribution in [0.15, 0.2) is 30.7 Å². The second kappa shape index (κ2) is 4.46. The largest absolute Gasteiger partial charge is 0.264 e. The molecule has 3 aromatic heterocycles. The van der Waals surface area contributed by atoms with Gasteiger partial charge in [-0.15, -0.1) is 5.10 Å². The van der Waals surface area contributed by atoms with E-state index in [1.807, 2.05) is 19.1 Å². The van der Waals surface area contributed by atoms with E-state index < -0.39 is 0 Å². The van der Waals surface area contributed by atoms with Gasteiger partial charge in [0, 0.05) is 18.0 Å². The third-order valence-corrected chi connectivity index (χ3v) is 2.80. The standard InChI is InChI=1S/C13H10N6/c1-9-11-8-16-13(10-3-2-6-15-7-10)18-19(11)12(17-9)4-5-14/h2-3,6-8H,4H2,1H3. The van der Waals surface area contributed by atoms with Crippen molar-refractivity contribution in [3.63, 3.8) is 0 Å². The topological polar surface area (TPSA) is 79.8 Å². The molecule has 92 valence electrons. The first-order valence-electron chi connectivity index (χ1n) is 5.78. The number of nitrogens with zero attached hydrogens (tertiary/aromatic N) is 6. The Kier molecular flexibility index (Phi) is 2.65. The summed E-state index contributed by atoms with van der Waals surface area (Å²) >= 11 is 0. The third kappa shape index (κ3) is 1.91. The molecular formula is C13H10N6. The molecule has 0 N–H and O–H groups in total. The van der Waals surface area contributed by atoms with E-state index >= 15 is 0 Å². The highest BCUT2D eigenvalue weighted by atomic mass is 15.3. The van der Waals surface area contributed by atoms with Crippen LogP contribution in [-0.4, -0.2) is 24.6 Å². The number of imidazole rings is 1. The minimum absolute atomic E-state index is 0.221. The van der Waals surface area contributed by atoms with Crippen LogP contribution in [0.25, 0.3) is 16.9 Å². The molecule has 3 rings (SSSR count). The molecule has 19 heavy (non-hydrogen) atoms. The van der Waals surface area contributed by atoms with Gasteiger partial charge in [0.2, 0.25) is 0 Å². The van der Waals surface area contributed by atoms with Crippen LogP contribution in [0.1, 0.15) is 11.5 Å². The summed E-state index contributed by atoms with van der Waals surface area (Å²) in [5.74, 6) is 1.19. The SMILES string of the molecule is Cc1nc(CC#N)n2nc(-c3cccnc3)ncc12. The second-order valence-corrected chi connectivity index (χ2v) is 4.07. The van der Waals surface area contributed by atoms with Crippen molar-refractivity contribution in [3.8, 4) is 17.5 Å². The van der Waals surface area contributed by atoms with Gasteiger partial charge in [-0.3, -0.25) is 4.98 Å². The van der Waals surface area contributed by atoms with Gasteiger partial charge in [0.15, 0.2) is 5.82 Å². The van der Waals surface area contributed by atoms with Crippen LogP contribution in [0, 0.1) is 18.3 Å². The number of fused-ring (bicyclic) bond motifs is 1. The van der Waals surface area contributed by atoms with E-state index in [2.05, 4.69) is 26.1 Å². The van der Waals surface area contributed by atoms with Crippen LogP contribution >= 0.6 is 0 Å². The lowest BCUT2D eigenvalue weighted by molar-refractivity contribution is 0.838. The zero-order valence-corrected chi connectivity index (χ0v) is 10.3. The van der Waals surface area contributed by atoms with E-state index in [4.69, 9.17) is 5.26 Å². The number of hydrogen-bond donors (Lipinski definition) is 0. The summed E-state index contributed by atoms with van der Waals surface area (Å²) in [6, 6.07) is 5.81. The third-order valence-electron chi connectivity index (χ3n) is 2.80. The fourth-order valence-corrected chi connectivity index (χ4v) is 1.91. The summed E-state index contributed by atoms with van der Waals surface area (Å²) < 4.78 is 1.67. The number of aryl methyl sites for hydroxylation is 1. The first-order valence-corrected chi connectivity index (χ1v) is 5.78. The molecule has 0 atom stereocenters. The summed E-state index contributed by atoms with van der Waals surface area (Å²) in [6.45, 7) is 1.88. The van der Waals surface area contributed by atoms with Gasteiger partial charge in [-0.1, -0.05) is 0 Å². The van der Waals surface area contributed by atoms with Gasteiger partial charge >= 0.3 is 0 Å². The summed E-state index contributed by atoms with van der Waals surface area (Å²) in [4.78, 5) is 12.7. The Hall–Kier alpha value is -2.81. The van der Waals surface area contributed by atoms with Crippen molar-refractivity contribution in [2.45, 2.75) is 13.3 Å². The second-order valence-electron chi connectivity index (χ2n) is 4.07. The lowest BCUT2D eigenvalue weighted by Gasteiger charge is -2.01. The summed E-state index contributed by atoms with van der Waals surface area (Å²) in [6.07, 6.45) is 5.34. The van der Waals surface area contributed by atoms with Gasteiger partial charge in [-0.2, -0.15) is 5.26 Å². The van der Waals surface area contributed by atoms with Crippen molar-refractivity contribution in [1.29, 1.82) is 5.26 Å². The number of nitriles is 1. The molecule has 3 heterocycles. The Morgan fingerprint density at radius 3 is 3.00 bits per heavy atom. The van der Waals surface area contributed by atoms with Gasteiger partial charge in [0.1, 0.15) is 11.3 Å². The number of hydrogen-bond acceptors (Lipinski definition) is 5. The number of rotatable bonds is 2. The van der Waals surface area contributed by atoms with Gasteiger partial charge < -0.3 is 0 Å². The fraction of sp³-hybridized carbons (Fsp3) is 0.154. The highest BCUT2D eigenvalue weighted by Gasteiger charge is 2.11. The lowest BCUT2D eigenvalue weighted by Crippen LogP contribution is -2.01. The van der Waals surface area contributed by atoms with E-state index in [9.17, 15) is 0 Å². The van der Waals surface area contributed by atoms with Crippen molar-refractivity contribution in [3.05, 3.63) is 42.2 Å². The molecule has 0 aliphatic heterocycles.